The van der Waals surface area contributed by atoms with Crippen LogP contribution < -0.4 is 26.8 Å². The fraction of sp³-hybridized carbons (Fsp3) is 0.281. The van der Waals surface area contributed by atoms with Crippen LogP contribution in [0.4, 0.5) is 155 Å². The van der Waals surface area contributed by atoms with Crippen molar-refractivity contribution in [3.63, 3.8) is 0 Å². The predicted molar refractivity (Wildman–Crippen MR) is 292 cm³/mol. The number of unbranched alkanes of at least 4 members (excludes halogenated alkanes) is 4. The third kappa shape index (κ3) is 13.0. The van der Waals surface area contributed by atoms with Gasteiger partial charge in [-0.2, -0.15) is 17.6 Å². The van der Waals surface area contributed by atoms with E-state index < -0.39 is 307 Å². The van der Waals surface area contributed by atoms with E-state index in [0.29, 0.717) is 12.8 Å². The van der Waals surface area contributed by atoms with E-state index in [1.54, 1.807) is 0 Å². The van der Waals surface area contributed by atoms with Crippen molar-refractivity contribution < 1.29 is 154 Å². The number of quaternary nitrogens is 1. The van der Waals surface area contributed by atoms with E-state index in [0.717, 1.165) is 12.8 Å². The number of halogens is 34. The third-order valence-corrected chi connectivity index (χ3v) is 17.1. The van der Waals surface area contributed by atoms with Gasteiger partial charge in [0.1, 0.15) is 29.4 Å². The number of alkyl halides is 6. The van der Waals surface area contributed by atoms with Crippen LogP contribution in [-0.4, -0.2) is 31.1 Å². The summed E-state index contributed by atoms with van der Waals surface area (Å²) in [7, 11) is 0. The quantitative estimate of drug-likeness (QED) is 0.0194. The van der Waals surface area contributed by atoms with Gasteiger partial charge in [0.25, 0.3) is 0 Å². The molecule has 100 heavy (non-hydrogen) atoms. The molecule has 3 unspecified atom stereocenters. The highest BCUT2D eigenvalue weighted by Crippen LogP contribution is 2.41. The van der Waals surface area contributed by atoms with Crippen molar-refractivity contribution in [2.24, 2.45) is 5.92 Å². The predicted octanol–water partition coefficient (Wildman–Crippen LogP) is 19.2. The standard InChI is InChI=1S/C40H4BF24.C24H33F10N/c42-9-1-5-13(25(50)21(9)46)29(54)37(62)33(58)17(5)41(18-6-2-10(43)22(47)26(51)14(6)30(55)38(63)34(18)59,19-7-3-11(44)23(48)27(52)15(7)31(56)39(64)35(19)60)20-8-4-12(45)24(49)28(53)16(8)32(57)40(65)36(20)61;1-3-5-10-16(4-2)12-14-35(18-15-17(25)20(27)22(29)21(18)28)24(33,34)19(26)11-8-6-7-9-13-23(30,31)32/h1-4H;15-16,19H,3-14H2,1-2H3/q-1;/p+1. The first-order valence-electron chi connectivity index (χ1n) is 29.0. The lowest BCUT2D eigenvalue weighted by atomic mass is 9.11. The van der Waals surface area contributed by atoms with E-state index in [4.69, 9.17) is 0 Å². The summed E-state index contributed by atoms with van der Waals surface area (Å²) in [5.41, 5.74) is -13.3. The molecule has 36 heteroatoms. The Morgan fingerprint density at radius 3 is 0.920 bits per heavy atom. The number of nitrogens with one attached hydrogen (secondary N) is 1. The molecule has 9 rings (SSSR count). The number of rotatable bonds is 20. The highest BCUT2D eigenvalue weighted by molar-refractivity contribution is 7.23. The lowest BCUT2D eigenvalue weighted by molar-refractivity contribution is -0.938. The summed E-state index contributed by atoms with van der Waals surface area (Å²) >= 11 is 0. The molecule has 9 aromatic rings. The molecule has 0 spiro atoms. The fourth-order valence-electron chi connectivity index (χ4n) is 12.5. The van der Waals surface area contributed by atoms with Gasteiger partial charge in [0.15, 0.2) is 134 Å². The minimum absolute atomic E-state index is 0.0625. The van der Waals surface area contributed by atoms with Gasteiger partial charge in [-0.3, -0.25) is 0 Å². The third-order valence-electron chi connectivity index (χ3n) is 17.1. The normalized spacial score (nSPS) is 13.4. The largest absolute Gasteiger partial charge is 0.425 e. The molecule has 0 aliphatic heterocycles. The summed E-state index contributed by atoms with van der Waals surface area (Å²) in [6.45, 7) is 3.21. The molecule has 1 nitrogen and oxygen atoms in total. The maximum absolute atomic E-state index is 17.3. The van der Waals surface area contributed by atoms with Crippen LogP contribution in [0.15, 0.2) is 30.3 Å². The summed E-state index contributed by atoms with van der Waals surface area (Å²) < 4.78 is 517. The molecule has 0 saturated carbocycles. The zero-order valence-electron chi connectivity index (χ0n) is 50.0. The van der Waals surface area contributed by atoms with Gasteiger partial charge in [0.2, 0.25) is 17.8 Å². The van der Waals surface area contributed by atoms with Crippen molar-refractivity contribution in [1.82, 2.24) is 0 Å². The molecule has 0 aliphatic carbocycles. The lowest BCUT2D eigenvalue weighted by Gasteiger charge is -2.47. The van der Waals surface area contributed by atoms with Crippen molar-refractivity contribution in [1.29, 1.82) is 0 Å². The van der Waals surface area contributed by atoms with Gasteiger partial charge in [-0.15, -0.1) is 30.6 Å². The van der Waals surface area contributed by atoms with Crippen LogP contribution in [-0.2, 0) is 0 Å². The molecule has 0 aromatic heterocycles. The number of hydrogen-bond acceptors (Lipinski definition) is 0. The molecular weight excluding hydrogens is 1440 g/mol. The van der Waals surface area contributed by atoms with Crippen LogP contribution in [0.3, 0.4) is 0 Å². The van der Waals surface area contributed by atoms with Crippen LogP contribution in [0.1, 0.15) is 84.5 Å². The van der Waals surface area contributed by atoms with E-state index in [-0.39, 0.29) is 44.1 Å². The van der Waals surface area contributed by atoms with E-state index in [1.165, 1.54) is 0 Å². The minimum Gasteiger partial charge on any atom is -0.237 e. The van der Waals surface area contributed by atoms with Gasteiger partial charge in [0, 0.05) is 12.5 Å². The molecule has 0 heterocycles. The minimum atomic E-state index is -7.01. The highest BCUT2D eigenvalue weighted by atomic mass is 19.4. The van der Waals surface area contributed by atoms with Crippen LogP contribution in [0.5, 0.6) is 0 Å². The summed E-state index contributed by atoms with van der Waals surface area (Å²) in [4.78, 5) is -1.15. The Hall–Kier alpha value is -8.34. The Balaban J connectivity index is 0.000000309. The maximum Gasteiger partial charge on any atom is 0.425 e. The Morgan fingerprint density at radius 1 is 0.320 bits per heavy atom. The van der Waals surface area contributed by atoms with Crippen molar-refractivity contribution in [3.8, 4) is 0 Å². The van der Waals surface area contributed by atoms with Gasteiger partial charge in [-0.05, 0) is 71.0 Å². The zero-order chi connectivity index (χ0) is 74.9. The van der Waals surface area contributed by atoms with Gasteiger partial charge in [-0.25, -0.2) is 128 Å². The van der Waals surface area contributed by atoms with Crippen molar-refractivity contribution in [2.45, 2.75) is 103 Å². The monoisotopic (exact) mass is 1480 g/mol. The van der Waals surface area contributed by atoms with E-state index in [1.807, 2.05) is 13.8 Å². The molecular formula is C64H38BF34N. The van der Waals surface area contributed by atoms with E-state index >= 15 is 96.6 Å². The van der Waals surface area contributed by atoms with Gasteiger partial charge >= 0.3 is 12.2 Å². The first-order valence-corrected chi connectivity index (χ1v) is 29.0. The molecule has 540 valence electrons. The number of benzene rings is 9. The SMILES string of the molecule is CCCCC(CC)CC[NH+](c1cc(F)c(F)c(F)c1F)C(F)(F)C(F)CCCCCCC(F)(F)F.Fc1cc2c([B-](c3c(F)c(F)c(F)c4c(F)c(F)c(F)cc34)(c3c(F)c(F)c(F)c4c(F)c(F)c(F)cc34)c3c(F)c(F)c(F)c4c(F)c(F)c(F)cc34)c(F)c(F)c(F)c2c(F)c1F. The first kappa shape index (κ1) is 77.4. The van der Waals surface area contributed by atoms with Gasteiger partial charge in [0.05, 0.1) is 28.1 Å². The fourth-order valence-corrected chi connectivity index (χ4v) is 12.5. The van der Waals surface area contributed by atoms with Gasteiger partial charge < -0.3 is 0 Å². The molecule has 0 saturated heterocycles. The molecule has 0 bridgehead atoms. The van der Waals surface area contributed by atoms with Crippen LogP contribution >= 0.6 is 0 Å². The summed E-state index contributed by atoms with van der Waals surface area (Å²) in [5, 5.41) is -20.5. The molecule has 0 amide bonds. The maximum atomic E-state index is 17.3. The second-order valence-corrected chi connectivity index (χ2v) is 22.9. The van der Waals surface area contributed by atoms with Crippen LogP contribution in [0.25, 0.3) is 43.1 Å². The highest BCUT2D eigenvalue weighted by Gasteiger charge is 2.54. The zero-order valence-corrected chi connectivity index (χ0v) is 50.0. The second kappa shape index (κ2) is 29.0. The second-order valence-electron chi connectivity index (χ2n) is 22.9. The number of fused-ring (bicyclic) bond motifs is 4. The molecule has 1 N–H and O–H groups in total. The summed E-state index contributed by atoms with van der Waals surface area (Å²) in [6.07, 6.45) is -13.2. The number of hydrogen-bond donors (Lipinski definition) is 1. The Kier molecular flexibility index (Phi) is 22.4. The topological polar surface area (TPSA) is 4.44 Å². The van der Waals surface area contributed by atoms with E-state index in [9.17, 15) is 52.7 Å². The van der Waals surface area contributed by atoms with Crippen molar-refractivity contribution >= 4 is 76.8 Å². The molecule has 0 radical (unpaired) electrons. The van der Waals surface area contributed by atoms with E-state index in [2.05, 4.69) is 0 Å². The van der Waals surface area contributed by atoms with Crippen molar-refractivity contribution in [2.75, 3.05) is 6.54 Å². The average molecular weight is 1480 g/mol. The summed E-state index contributed by atoms with van der Waals surface area (Å²) in [5.74, 6) is -84.2. The molecule has 9 aromatic carbocycles. The van der Waals surface area contributed by atoms with Crippen LogP contribution in [0, 0.1) is 169 Å². The summed E-state index contributed by atoms with van der Waals surface area (Å²) in [6, 6.07) is -7.44. The average Bonchev–Trinajstić information content (AvgIpc) is 0.667. The molecule has 0 aliphatic rings. The Bertz CT molecular complexity index is 4260. The smallest absolute Gasteiger partial charge is 0.237 e. The van der Waals surface area contributed by atoms with Crippen molar-refractivity contribution in [3.05, 3.63) is 193 Å². The first-order chi connectivity index (χ1) is 46.5. The Labute approximate surface area is 538 Å². The van der Waals surface area contributed by atoms with Gasteiger partial charge in [-0.1, -0.05) is 58.8 Å². The lowest BCUT2D eigenvalue weighted by Crippen LogP contribution is -3.16. The Morgan fingerprint density at radius 2 is 0.610 bits per heavy atom. The van der Waals surface area contributed by atoms with Crippen LogP contribution in [0.2, 0.25) is 0 Å². The molecule has 3 atom stereocenters. The molecule has 0 fully saturated rings.